The molecule has 1 aromatic heterocycles. The Labute approximate surface area is 164 Å². The van der Waals surface area contributed by atoms with Crippen molar-refractivity contribution in [3.63, 3.8) is 0 Å². The number of hydrogen-bond acceptors (Lipinski definition) is 4. The molecule has 0 amide bonds. The fourth-order valence-electron chi connectivity index (χ4n) is 3.97. The fourth-order valence-corrected chi connectivity index (χ4v) is 3.97. The Hall–Kier alpha value is -1.78. The van der Waals surface area contributed by atoms with Gasteiger partial charge < -0.3 is 14.1 Å². The normalized spacial score (nSPS) is 16.2. The van der Waals surface area contributed by atoms with Crippen molar-refractivity contribution in [3.05, 3.63) is 53.0 Å². The Bertz CT molecular complexity index is 680. The van der Waals surface area contributed by atoms with Gasteiger partial charge in [-0.3, -0.25) is 4.90 Å². The Morgan fingerprint density at radius 3 is 2.44 bits per heavy atom. The van der Waals surface area contributed by atoms with Crippen LogP contribution < -0.4 is 4.74 Å². The van der Waals surface area contributed by atoms with Crippen LogP contribution in [0.3, 0.4) is 0 Å². The minimum atomic E-state index is 0.796. The fraction of sp³-hybridized carbons (Fsp3) is 0.565. The van der Waals surface area contributed by atoms with Gasteiger partial charge in [-0.05, 0) is 88.5 Å². The summed E-state index contributed by atoms with van der Waals surface area (Å²) >= 11 is 0. The van der Waals surface area contributed by atoms with Crippen molar-refractivity contribution in [1.82, 2.24) is 9.80 Å². The van der Waals surface area contributed by atoms with Crippen LogP contribution in [0, 0.1) is 19.8 Å². The zero-order valence-electron chi connectivity index (χ0n) is 17.3. The molecule has 3 rings (SSSR count). The molecule has 2 aromatic rings. The van der Waals surface area contributed by atoms with E-state index < -0.39 is 0 Å². The second kappa shape index (κ2) is 9.43. The standard InChI is InChI=1S/C23H34N2O2/c1-18-15-23(27-19(18)2)17-24(3)16-21-10-13-25(14-11-21)12-9-20-5-7-22(26-4)8-6-20/h5-8,15,21H,9-14,16-17H2,1-4H3. The second-order valence-corrected chi connectivity index (χ2v) is 8.03. The number of aryl methyl sites for hydroxylation is 2. The van der Waals surface area contributed by atoms with E-state index in [4.69, 9.17) is 9.15 Å². The highest BCUT2D eigenvalue weighted by Gasteiger charge is 2.20. The molecule has 0 spiro atoms. The largest absolute Gasteiger partial charge is 0.497 e. The SMILES string of the molecule is COc1ccc(CCN2CCC(CN(C)Cc3cc(C)c(C)o3)CC2)cc1. The number of benzene rings is 1. The third-order valence-corrected chi connectivity index (χ3v) is 5.80. The molecule has 0 bridgehead atoms. The quantitative estimate of drug-likeness (QED) is 0.693. The minimum Gasteiger partial charge on any atom is -0.497 e. The van der Waals surface area contributed by atoms with Gasteiger partial charge in [-0.1, -0.05) is 12.1 Å². The zero-order valence-corrected chi connectivity index (χ0v) is 17.3. The second-order valence-electron chi connectivity index (χ2n) is 8.03. The molecule has 0 N–H and O–H groups in total. The predicted octanol–water partition coefficient (Wildman–Crippen LogP) is 4.29. The number of methoxy groups -OCH3 is 1. The molecule has 27 heavy (non-hydrogen) atoms. The Morgan fingerprint density at radius 1 is 1.15 bits per heavy atom. The van der Waals surface area contributed by atoms with Crippen LogP contribution in [0.4, 0.5) is 0 Å². The van der Waals surface area contributed by atoms with Crippen molar-refractivity contribution in [2.24, 2.45) is 5.92 Å². The molecular weight excluding hydrogens is 336 g/mol. The van der Waals surface area contributed by atoms with Crippen molar-refractivity contribution in [2.45, 2.75) is 39.7 Å². The predicted molar refractivity (Wildman–Crippen MR) is 110 cm³/mol. The van der Waals surface area contributed by atoms with Crippen LogP contribution in [0.5, 0.6) is 5.75 Å². The van der Waals surface area contributed by atoms with Crippen molar-refractivity contribution < 1.29 is 9.15 Å². The average molecular weight is 371 g/mol. The number of hydrogen-bond donors (Lipinski definition) is 0. The summed E-state index contributed by atoms with van der Waals surface area (Å²) in [4.78, 5) is 5.02. The lowest BCUT2D eigenvalue weighted by atomic mass is 9.96. The van der Waals surface area contributed by atoms with E-state index in [2.05, 4.69) is 54.1 Å². The summed E-state index contributed by atoms with van der Waals surface area (Å²) in [5, 5.41) is 0. The summed E-state index contributed by atoms with van der Waals surface area (Å²) in [6.45, 7) is 9.81. The van der Waals surface area contributed by atoms with E-state index in [-0.39, 0.29) is 0 Å². The molecule has 1 aliphatic heterocycles. The van der Waals surface area contributed by atoms with Gasteiger partial charge >= 0.3 is 0 Å². The molecule has 1 aromatic carbocycles. The lowest BCUT2D eigenvalue weighted by Crippen LogP contribution is -2.38. The van der Waals surface area contributed by atoms with Crippen LogP contribution in [0.1, 0.15) is 35.5 Å². The third-order valence-electron chi connectivity index (χ3n) is 5.80. The maximum atomic E-state index is 5.82. The first-order valence-electron chi connectivity index (χ1n) is 10.1. The molecule has 0 atom stereocenters. The first kappa shape index (κ1) is 20.0. The maximum Gasteiger partial charge on any atom is 0.118 e. The van der Waals surface area contributed by atoms with Gasteiger partial charge in [-0.2, -0.15) is 0 Å². The molecule has 1 aliphatic rings. The smallest absolute Gasteiger partial charge is 0.118 e. The molecular formula is C23H34N2O2. The number of piperidine rings is 1. The Morgan fingerprint density at radius 2 is 1.85 bits per heavy atom. The molecule has 4 nitrogen and oxygen atoms in total. The lowest BCUT2D eigenvalue weighted by Gasteiger charge is -2.33. The van der Waals surface area contributed by atoms with Crippen LogP contribution in [-0.2, 0) is 13.0 Å². The molecule has 4 heteroatoms. The van der Waals surface area contributed by atoms with Crippen molar-refractivity contribution in [3.8, 4) is 5.75 Å². The van der Waals surface area contributed by atoms with Gasteiger partial charge in [0.15, 0.2) is 0 Å². The van der Waals surface area contributed by atoms with Crippen LogP contribution >= 0.6 is 0 Å². The number of nitrogens with zero attached hydrogens (tertiary/aromatic N) is 2. The van der Waals surface area contributed by atoms with Gasteiger partial charge in [0.05, 0.1) is 13.7 Å². The topological polar surface area (TPSA) is 28.9 Å². The van der Waals surface area contributed by atoms with Crippen molar-refractivity contribution in [2.75, 3.05) is 40.3 Å². The van der Waals surface area contributed by atoms with E-state index in [0.29, 0.717) is 0 Å². The monoisotopic (exact) mass is 370 g/mol. The lowest BCUT2D eigenvalue weighted by molar-refractivity contribution is 0.150. The summed E-state index contributed by atoms with van der Waals surface area (Å²) in [6.07, 6.45) is 3.71. The van der Waals surface area contributed by atoms with Gasteiger partial charge in [0.1, 0.15) is 17.3 Å². The van der Waals surface area contributed by atoms with Crippen molar-refractivity contribution >= 4 is 0 Å². The number of furan rings is 1. The van der Waals surface area contributed by atoms with Gasteiger partial charge in [0.25, 0.3) is 0 Å². The molecule has 1 fully saturated rings. The zero-order chi connectivity index (χ0) is 19.2. The van der Waals surface area contributed by atoms with Crippen LogP contribution in [-0.4, -0.2) is 50.1 Å². The molecule has 2 heterocycles. The maximum absolute atomic E-state index is 5.82. The van der Waals surface area contributed by atoms with E-state index >= 15 is 0 Å². The molecule has 0 unspecified atom stereocenters. The van der Waals surface area contributed by atoms with E-state index in [1.165, 1.54) is 37.1 Å². The molecule has 1 saturated heterocycles. The van der Waals surface area contributed by atoms with Crippen molar-refractivity contribution in [1.29, 1.82) is 0 Å². The van der Waals surface area contributed by atoms with Crippen LogP contribution in [0.15, 0.2) is 34.7 Å². The summed E-state index contributed by atoms with van der Waals surface area (Å²) < 4.78 is 11.1. The first-order chi connectivity index (χ1) is 13.0. The summed E-state index contributed by atoms with van der Waals surface area (Å²) in [6, 6.07) is 10.6. The molecule has 0 saturated carbocycles. The number of likely N-dealkylation sites (tertiary alicyclic amines) is 1. The van der Waals surface area contributed by atoms with E-state index in [1.807, 2.05) is 6.92 Å². The molecule has 0 aliphatic carbocycles. The summed E-state index contributed by atoms with van der Waals surface area (Å²) in [7, 11) is 3.93. The van der Waals surface area contributed by atoms with Gasteiger partial charge in [-0.25, -0.2) is 0 Å². The van der Waals surface area contributed by atoms with Gasteiger partial charge in [0, 0.05) is 13.1 Å². The summed E-state index contributed by atoms with van der Waals surface area (Å²) in [5.41, 5.74) is 2.64. The minimum absolute atomic E-state index is 0.796. The number of rotatable bonds is 8. The molecule has 148 valence electrons. The van der Waals surface area contributed by atoms with Crippen LogP contribution in [0.2, 0.25) is 0 Å². The highest BCUT2D eigenvalue weighted by molar-refractivity contribution is 5.27. The van der Waals surface area contributed by atoms with E-state index in [9.17, 15) is 0 Å². The molecule has 0 radical (unpaired) electrons. The van der Waals surface area contributed by atoms with Gasteiger partial charge in [-0.15, -0.1) is 0 Å². The number of ether oxygens (including phenoxy) is 1. The van der Waals surface area contributed by atoms with E-state index in [1.54, 1.807) is 7.11 Å². The Balaban J connectivity index is 1.36. The average Bonchev–Trinajstić information content (AvgIpc) is 2.98. The van der Waals surface area contributed by atoms with Crippen LogP contribution in [0.25, 0.3) is 0 Å². The highest BCUT2D eigenvalue weighted by atomic mass is 16.5. The summed E-state index contributed by atoms with van der Waals surface area (Å²) in [5.74, 6) is 3.86. The Kier molecular flexibility index (Phi) is 6.97. The van der Waals surface area contributed by atoms with Gasteiger partial charge in [0.2, 0.25) is 0 Å². The van der Waals surface area contributed by atoms with E-state index in [0.717, 1.165) is 49.2 Å². The highest BCUT2D eigenvalue weighted by Crippen LogP contribution is 2.21. The third kappa shape index (κ3) is 5.85. The first-order valence-corrected chi connectivity index (χ1v) is 10.1.